The van der Waals surface area contributed by atoms with Crippen LogP contribution in [0.5, 0.6) is 0 Å². The van der Waals surface area contributed by atoms with Gasteiger partial charge >= 0.3 is 0 Å². The van der Waals surface area contributed by atoms with E-state index in [1.54, 1.807) is 17.0 Å². The molecule has 6 nitrogen and oxygen atoms in total. The first-order valence-electron chi connectivity index (χ1n) is 9.79. The van der Waals surface area contributed by atoms with Gasteiger partial charge in [0.1, 0.15) is 10.3 Å². The number of fused-ring (bicyclic) bond motifs is 2. The fraction of sp³-hybridized carbons (Fsp3) is 0.182. The van der Waals surface area contributed by atoms with Gasteiger partial charge in [0.05, 0.1) is 11.3 Å². The van der Waals surface area contributed by atoms with Gasteiger partial charge in [0.2, 0.25) is 4.96 Å². The number of rotatable bonds is 4. The van der Waals surface area contributed by atoms with Gasteiger partial charge in [-0.25, -0.2) is 4.39 Å². The fourth-order valence-electron chi connectivity index (χ4n) is 3.67. The third-order valence-corrected chi connectivity index (χ3v) is 6.72. The van der Waals surface area contributed by atoms with Crippen LogP contribution < -0.4 is 15.0 Å². The maximum absolute atomic E-state index is 13.3. The summed E-state index contributed by atoms with van der Waals surface area (Å²) < 4.78 is 15.6. The first-order valence-corrected chi connectivity index (χ1v) is 11.4. The van der Waals surface area contributed by atoms with Crippen LogP contribution in [0.4, 0.5) is 10.1 Å². The summed E-state index contributed by atoms with van der Waals surface area (Å²) in [5.41, 5.74) is 2.16. The second-order valence-corrected chi connectivity index (χ2v) is 9.11. The van der Waals surface area contributed by atoms with Gasteiger partial charge in [0, 0.05) is 22.1 Å². The molecule has 1 amide bonds. The molecule has 0 N–H and O–H groups in total. The average molecular weight is 499 g/mol. The number of unbranched alkanes of at least 4 members (excludes halogenated alkanes) is 1. The standard InChI is InChI=1S/C22H16BrFN4O2S/c1-2-3-10-27-16-9-6-13(23)11-15(16)17(20(27)29)18-21(30)28-22(31-18)25-19(26-28)12-4-7-14(24)8-5-12/h4-9,11H,2-3,10H2,1H3. The molecular formula is C22H16BrFN4O2S. The summed E-state index contributed by atoms with van der Waals surface area (Å²) in [7, 11) is 0. The summed E-state index contributed by atoms with van der Waals surface area (Å²) in [6.45, 7) is 2.67. The largest absolute Gasteiger partial charge is 0.308 e. The Morgan fingerprint density at radius 1 is 1.13 bits per heavy atom. The first-order chi connectivity index (χ1) is 15.0. The van der Waals surface area contributed by atoms with Crippen LogP contribution in [0.15, 0.2) is 51.7 Å². The van der Waals surface area contributed by atoms with Crippen molar-refractivity contribution in [1.29, 1.82) is 0 Å². The Hall–Kier alpha value is -2.91. The number of anilines is 1. The van der Waals surface area contributed by atoms with E-state index in [0.717, 1.165) is 39.9 Å². The molecule has 31 heavy (non-hydrogen) atoms. The highest BCUT2D eigenvalue weighted by Gasteiger charge is 2.34. The van der Waals surface area contributed by atoms with Gasteiger partial charge in [-0.2, -0.15) is 9.50 Å². The Bertz CT molecular complexity index is 1440. The van der Waals surface area contributed by atoms with Crippen LogP contribution in [-0.2, 0) is 4.79 Å². The lowest BCUT2D eigenvalue weighted by Crippen LogP contribution is -2.33. The SMILES string of the molecule is CCCCN1C(=O)C(=c2sc3nc(-c4ccc(F)cc4)nn3c2=O)c2cc(Br)ccc21. The van der Waals surface area contributed by atoms with Crippen molar-refractivity contribution in [2.75, 3.05) is 11.4 Å². The Balaban J connectivity index is 1.69. The van der Waals surface area contributed by atoms with Crippen LogP contribution in [0, 0.1) is 5.82 Å². The highest BCUT2D eigenvalue weighted by molar-refractivity contribution is 9.10. The monoisotopic (exact) mass is 498 g/mol. The van der Waals surface area contributed by atoms with Gasteiger partial charge in [0.15, 0.2) is 5.82 Å². The van der Waals surface area contributed by atoms with Crippen LogP contribution in [0.25, 0.3) is 21.9 Å². The minimum Gasteiger partial charge on any atom is -0.308 e. The van der Waals surface area contributed by atoms with Crippen molar-refractivity contribution in [2.45, 2.75) is 19.8 Å². The second kappa shape index (κ2) is 7.65. The summed E-state index contributed by atoms with van der Waals surface area (Å²) in [5.74, 6) is -0.197. The first kappa shape index (κ1) is 20.0. The average Bonchev–Trinajstić information content (AvgIpc) is 3.38. The molecule has 0 spiro atoms. The van der Waals surface area contributed by atoms with Crippen molar-refractivity contribution < 1.29 is 9.18 Å². The van der Waals surface area contributed by atoms with E-state index in [-0.39, 0.29) is 17.3 Å². The maximum atomic E-state index is 13.3. The van der Waals surface area contributed by atoms with Gasteiger partial charge < -0.3 is 4.90 Å². The molecule has 0 radical (unpaired) electrons. The quantitative estimate of drug-likeness (QED) is 0.429. The Labute approximate surface area is 188 Å². The number of hydrogen-bond donors (Lipinski definition) is 0. The van der Waals surface area contributed by atoms with E-state index in [2.05, 4.69) is 32.9 Å². The van der Waals surface area contributed by atoms with Crippen LogP contribution in [0.2, 0.25) is 0 Å². The van der Waals surface area contributed by atoms with Gasteiger partial charge in [-0.15, -0.1) is 5.10 Å². The Morgan fingerprint density at radius 2 is 1.90 bits per heavy atom. The molecule has 156 valence electrons. The number of carbonyl (C=O) groups is 1. The third-order valence-electron chi connectivity index (χ3n) is 5.20. The van der Waals surface area contributed by atoms with Gasteiger partial charge in [-0.1, -0.05) is 40.6 Å². The van der Waals surface area contributed by atoms with Crippen LogP contribution in [0.1, 0.15) is 25.3 Å². The number of amides is 1. The number of thiazole rings is 1. The molecule has 1 aliphatic rings. The Kier molecular flexibility index (Phi) is 4.94. The zero-order valence-corrected chi connectivity index (χ0v) is 18.8. The number of aromatic nitrogens is 3. The van der Waals surface area contributed by atoms with Crippen molar-refractivity contribution in [3.05, 3.63) is 73.2 Å². The molecule has 5 rings (SSSR count). The summed E-state index contributed by atoms with van der Waals surface area (Å²) in [6.07, 6.45) is 1.83. The molecular weight excluding hydrogens is 483 g/mol. The normalized spacial score (nSPS) is 15.2. The van der Waals surface area contributed by atoms with E-state index in [1.807, 2.05) is 18.2 Å². The molecule has 0 fully saturated rings. The molecule has 0 aliphatic carbocycles. The molecule has 0 saturated heterocycles. The van der Waals surface area contributed by atoms with Crippen molar-refractivity contribution in [3.63, 3.8) is 0 Å². The van der Waals surface area contributed by atoms with E-state index in [0.29, 0.717) is 33.0 Å². The number of carbonyl (C=O) groups excluding carboxylic acids is 1. The Morgan fingerprint density at radius 3 is 2.61 bits per heavy atom. The molecule has 4 aromatic rings. The molecule has 0 bridgehead atoms. The molecule has 2 aromatic carbocycles. The summed E-state index contributed by atoms with van der Waals surface area (Å²) in [4.78, 5) is 33.1. The minimum atomic E-state index is -0.382. The highest BCUT2D eigenvalue weighted by atomic mass is 79.9. The van der Waals surface area contributed by atoms with E-state index in [4.69, 9.17) is 0 Å². The predicted octanol–water partition coefficient (Wildman–Crippen LogP) is 3.78. The second-order valence-electron chi connectivity index (χ2n) is 7.22. The van der Waals surface area contributed by atoms with E-state index in [1.165, 1.54) is 16.6 Å². The summed E-state index contributed by atoms with van der Waals surface area (Å²) in [6, 6.07) is 11.4. The van der Waals surface area contributed by atoms with Gasteiger partial charge in [-0.3, -0.25) is 9.59 Å². The lowest BCUT2D eigenvalue weighted by atomic mass is 10.1. The minimum absolute atomic E-state index is 0.179. The fourth-order valence-corrected chi connectivity index (χ4v) is 5.03. The number of nitrogens with zero attached hydrogens (tertiary/aromatic N) is 4. The molecule has 9 heteroatoms. The predicted molar refractivity (Wildman–Crippen MR) is 122 cm³/mol. The number of hydrogen-bond acceptors (Lipinski definition) is 5. The van der Waals surface area contributed by atoms with E-state index < -0.39 is 0 Å². The van der Waals surface area contributed by atoms with Gasteiger partial charge in [-0.05, 0) is 48.9 Å². The summed E-state index contributed by atoms with van der Waals surface area (Å²) >= 11 is 4.61. The lowest BCUT2D eigenvalue weighted by Gasteiger charge is -2.16. The summed E-state index contributed by atoms with van der Waals surface area (Å²) in [5, 5.41) is 4.30. The topological polar surface area (TPSA) is 67.6 Å². The maximum Gasteiger partial charge on any atom is 0.291 e. The molecule has 2 aromatic heterocycles. The smallest absolute Gasteiger partial charge is 0.291 e. The molecule has 1 aliphatic heterocycles. The highest BCUT2D eigenvalue weighted by Crippen LogP contribution is 2.37. The van der Waals surface area contributed by atoms with E-state index >= 15 is 0 Å². The third kappa shape index (κ3) is 3.28. The molecule has 0 saturated carbocycles. The van der Waals surface area contributed by atoms with Crippen LogP contribution >= 0.6 is 27.3 Å². The van der Waals surface area contributed by atoms with Crippen LogP contribution in [-0.4, -0.2) is 27.0 Å². The van der Waals surface area contributed by atoms with Crippen molar-refractivity contribution in [2.24, 2.45) is 0 Å². The molecule has 0 atom stereocenters. The zero-order valence-electron chi connectivity index (χ0n) is 16.4. The van der Waals surface area contributed by atoms with Crippen molar-refractivity contribution >= 4 is 49.4 Å². The molecule has 3 heterocycles. The van der Waals surface area contributed by atoms with Gasteiger partial charge in [0.25, 0.3) is 11.5 Å². The van der Waals surface area contributed by atoms with Crippen molar-refractivity contribution in [3.8, 4) is 11.4 Å². The van der Waals surface area contributed by atoms with Crippen LogP contribution in [0.3, 0.4) is 0 Å². The number of benzene rings is 2. The lowest BCUT2D eigenvalue weighted by molar-refractivity contribution is -0.113. The zero-order chi connectivity index (χ0) is 21.7. The number of halogens is 2. The van der Waals surface area contributed by atoms with Crippen molar-refractivity contribution in [1.82, 2.24) is 14.6 Å². The van der Waals surface area contributed by atoms with E-state index in [9.17, 15) is 14.0 Å². The molecule has 0 unspecified atom stereocenters.